The number of benzene rings is 1. The van der Waals surface area contributed by atoms with Gasteiger partial charge >= 0.3 is 6.36 Å². The maximum atomic E-state index is 12.2. The molecule has 1 unspecified atom stereocenters. The highest BCUT2D eigenvalue weighted by Crippen LogP contribution is 2.29. The molecule has 1 aromatic carbocycles. The molecular weight excluding hydrogens is 291 g/mol. The van der Waals surface area contributed by atoms with Crippen LogP contribution in [0.25, 0.3) is 10.2 Å². The molecule has 0 saturated carbocycles. The topological polar surface area (TPSA) is 41.2 Å². The zero-order valence-electron chi connectivity index (χ0n) is 11.2. The fraction of sp³-hybridized carbons (Fsp3) is 0.417. The van der Waals surface area contributed by atoms with Gasteiger partial charge in [0, 0.05) is 0 Å². The number of fused-ring (bicyclic) bond motifs is 1. The van der Waals surface area contributed by atoms with E-state index in [0.717, 1.165) is 16.9 Å². The second-order valence-electron chi connectivity index (χ2n) is 4.55. The smallest absolute Gasteiger partial charge is 0.406 e. The van der Waals surface area contributed by atoms with Gasteiger partial charge in [0.25, 0.3) is 0 Å². The summed E-state index contributed by atoms with van der Waals surface area (Å²) in [6.07, 6.45) is -4.77. The molecule has 1 N–H and O–H groups in total. The Hall–Kier alpha value is -1.54. The van der Waals surface area contributed by atoms with Gasteiger partial charge in [-0.1, -0.05) is 11.3 Å². The van der Waals surface area contributed by atoms with E-state index in [2.05, 4.69) is 4.74 Å². The Balaban J connectivity index is 2.50. The van der Waals surface area contributed by atoms with Gasteiger partial charge in [-0.25, -0.2) is 0 Å². The third kappa shape index (κ3) is 2.96. The van der Waals surface area contributed by atoms with E-state index in [9.17, 15) is 13.2 Å². The van der Waals surface area contributed by atoms with Crippen molar-refractivity contribution in [3.8, 4) is 5.75 Å². The number of nitrogens with zero attached hydrogens (tertiary/aromatic N) is 2. The van der Waals surface area contributed by atoms with Crippen molar-refractivity contribution in [1.82, 2.24) is 9.47 Å². The molecule has 4 nitrogen and oxygen atoms in total. The number of ether oxygens (including phenoxy) is 1. The molecule has 2 rings (SSSR count). The Kier molecular flexibility index (Phi) is 3.79. The van der Waals surface area contributed by atoms with Crippen molar-refractivity contribution < 1.29 is 17.9 Å². The van der Waals surface area contributed by atoms with Crippen LogP contribution in [0.5, 0.6) is 5.75 Å². The maximum absolute atomic E-state index is 12.2. The predicted molar refractivity (Wildman–Crippen MR) is 70.8 cm³/mol. The molecule has 1 atom stereocenters. The van der Waals surface area contributed by atoms with Crippen molar-refractivity contribution in [1.29, 1.82) is 5.41 Å². The highest BCUT2D eigenvalue weighted by Gasteiger charge is 2.31. The molecule has 8 heteroatoms. The number of hydrogen-bond donors (Lipinski definition) is 1. The van der Waals surface area contributed by atoms with Gasteiger partial charge < -0.3 is 9.30 Å². The molecule has 0 aliphatic rings. The van der Waals surface area contributed by atoms with E-state index in [4.69, 9.17) is 5.41 Å². The Morgan fingerprint density at radius 1 is 1.35 bits per heavy atom. The largest absolute Gasteiger partial charge is 0.573 e. The summed E-state index contributed by atoms with van der Waals surface area (Å²) < 4.78 is 42.8. The van der Waals surface area contributed by atoms with Gasteiger partial charge in [0.15, 0.2) is 4.80 Å². The monoisotopic (exact) mass is 305 g/mol. The summed E-state index contributed by atoms with van der Waals surface area (Å²) in [7, 11) is 3.75. The molecule has 20 heavy (non-hydrogen) atoms. The molecule has 1 aromatic heterocycles. The van der Waals surface area contributed by atoms with Gasteiger partial charge in [-0.05, 0) is 39.2 Å². The zero-order chi connectivity index (χ0) is 15.1. The average molecular weight is 305 g/mol. The number of halogens is 3. The first-order chi connectivity index (χ1) is 9.19. The van der Waals surface area contributed by atoms with E-state index in [1.54, 1.807) is 10.6 Å². The molecule has 1 heterocycles. The quantitative estimate of drug-likeness (QED) is 0.946. The molecule has 0 fully saturated rings. The molecule has 0 saturated heterocycles. The van der Waals surface area contributed by atoms with Crippen LogP contribution in [0, 0.1) is 5.41 Å². The first-order valence-electron chi connectivity index (χ1n) is 5.81. The van der Waals surface area contributed by atoms with E-state index in [1.807, 2.05) is 25.9 Å². The molecule has 2 aromatic rings. The summed E-state index contributed by atoms with van der Waals surface area (Å²) in [5.74, 6) is -0.268. The van der Waals surface area contributed by atoms with Crippen LogP contribution in [-0.4, -0.2) is 29.9 Å². The van der Waals surface area contributed by atoms with Crippen LogP contribution in [0.3, 0.4) is 0 Å². The summed E-state index contributed by atoms with van der Waals surface area (Å²) in [5, 5.41) is 7.97. The lowest BCUT2D eigenvalue weighted by Gasteiger charge is -2.22. The summed E-state index contributed by atoms with van der Waals surface area (Å²) in [6, 6.07) is 4.12. The Morgan fingerprint density at radius 3 is 2.55 bits per heavy atom. The van der Waals surface area contributed by atoms with Crippen LogP contribution in [0.2, 0.25) is 0 Å². The zero-order valence-corrected chi connectivity index (χ0v) is 12.0. The maximum Gasteiger partial charge on any atom is 0.573 e. The fourth-order valence-corrected chi connectivity index (χ4v) is 2.84. The molecule has 110 valence electrons. The van der Waals surface area contributed by atoms with Crippen molar-refractivity contribution >= 4 is 21.6 Å². The minimum absolute atomic E-state index is 0.0642. The average Bonchev–Trinajstić information content (AvgIpc) is 2.60. The highest BCUT2D eigenvalue weighted by atomic mass is 32.1. The normalized spacial score (nSPS) is 13.9. The molecule has 0 bridgehead atoms. The van der Waals surface area contributed by atoms with E-state index in [1.165, 1.54) is 12.1 Å². The highest BCUT2D eigenvalue weighted by molar-refractivity contribution is 7.16. The van der Waals surface area contributed by atoms with Crippen molar-refractivity contribution in [2.45, 2.75) is 19.5 Å². The van der Waals surface area contributed by atoms with E-state index in [-0.39, 0.29) is 16.7 Å². The lowest BCUT2D eigenvalue weighted by atomic mass is 10.3. The Labute approximate surface area is 117 Å². The van der Waals surface area contributed by atoms with Gasteiger partial charge in [-0.2, -0.15) is 0 Å². The Morgan fingerprint density at radius 2 is 2.00 bits per heavy atom. The summed E-state index contributed by atoms with van der Waals surface area (Å²) in [5.41, 5.74) is 0.718. The SMILES string of the molecule is CC(N(C)C)n1c(=N)sc2cc(OC(F)(F)F)ccc21. The van der Waals surface area contributed by atoms with Gasteiger partial charge in [0.05, 0.1) is 16.4 Å². The molecule has 0 spiro atoms. The van der Waals surface area contributed by atoms with Gasteiger partial charge in [0.2, 0.25) is 0 Å². The van der Waals surface area contributed by atoms with Crippen LogP contribution in [-0.2, 0) is 0 Å². The molecule has 0 radical (unpaired) electrons. The number of alkyl halides is 3. The predicted octanol–water partition coefficient (Wildman–Crippen LogP) is 3.16. The first-order valence-corrected chi connectivity index (χ1v) is 6.62. The van der Waals surface area contributed by atoms with Crippen LogP contribution in [0.4, 0.5) is 13.2 Å². The lowest BCUT2D eigenvalue weighted by molar-refractivity contribution is -0.274. The van der Waals surface area contributed by atoms with E-state index >= 15 is 0 Å². The molecule has 0 amide bonds. The van der Waals surface area contributed by atoms with Crippen LogP contribution in [0.15, 0.2) is 18.2 Å². The van der Waals surface area contributed by atoms with Crippen LogP contribution >= 0.6 is 11.3 Å². The third-order valence-electron chi connectivity index (χ3n) is 2.97. The Bertz CT molecular complexity index is 675. The summed E-state index contributed by atoms with van der Waals surface area (Å²) >= 11 is 1.12. The fourth-order valence-electron chi connectivity index (χ4n) is 1.84. The van der Waals surface area contributed by atoms with Crippen molar-refractivity contribution in [3.05, 3.63) is 23.0 Å². The van der Waals surface area contributed by atoms with Gasteiger partial charge in [-0.3, -0.25) is 10.3 Å². The van der Waals surface area contributed by atoms with Crippen LogP contribution in [0.1, 0.15) is 13.1 Å². The van der Waals surface area contributed by atoms with Crippen molar-refractivity contribution in [2.24, 2.45) is 0 Å². The van der Waals surface area contributed by atoms with Gasteiger partial charge in [-0.15, -0.1) is 13.2 Å². The standard InChI is InChI=1S/C12H14F3N3OS/c1-7(17(2)3)18-9-5-4-8(19-12(13,14)15)6-10(9)20-11(18)16/h4-7,16H,1-3H3. The molecule has 0 aliphatic carbocycles. The first kappa shape index (κ1) is 14.9. The second-order valence-corrected chi connectivity index (χ2v) is 5.58. The number of hydrogen-bond acceptors (Lipinski definition) is 4. The number of nitrogens with one attached hydrogen (secondary N) is 1. The van der Waals surface area contributed by atoms with E-state index in [0.29, 0.717) is 4.70 Å². The minimum atomic E-state index is -4.71. The molecular formula is C12H14F3N3OS. The number of thiazole rings is 1. The lowest BCUT2D eigenvalue weighted by Crippen LogP contribution is -2.28. The van der Waals surface area contributed by atoms with Gasteiger partial charge in [0.1, 0.15) is 5.75 Å². The third-order valence-corrected chi connectivity index (χ3v) is 3.91. The molecule has 0 aliphatic heterocycles. The number of aromatic nitrogens is 1. The summed E-state index contributed by atoms with van der Waals surface area (Å²) in [4.78, 5) is 2.20. The second kappa shape index (κ2) is 5.10. The number of rotatable bonds is 3. The van der Waals surface area contributed by atoms with E-state index < -0.39 is 6.36 Å². The van der Waals surface area contributed by atoms with Crippen molar-refractivity contribution in [2.75, 3.05) is 14.1 Å². The summed E-state index contributed by atoms with van der Waals surface area (Å²) in [6.45, 7) is 1.92. The van der Waals surface area contributed by atoms with Crippen LogP contribution < -0.4 is 9.54 Å². The minimum Gasteiger partial charge on any atom is -0.406 e. The van der Waals surface area contributed by atoms with Crippen molar-refractivity contribution in [3.63, 3.8) is 0 Å².